The molecule has 2 aromatic rings. The first-order chi connectivity index (χ1) is 8.97. The molecule has 3 nitrogen and oxygen atoms in total. The molecule has 0 spiro atoms. The predicted molar refractivity (Wildman–Crippen MR) is 76.0 cm³/mol. The number of hydrogen-bond acceptors (Lipinski definition) is 3. The number of halogens is 2. The van der Waals surface area contributed by atoms with E-state index in [1.807, 2.05) is 6.07 Å². The zero-order chi connectivity index (χ0) is 14.0. The van der Waals surface area contributed by atoms with E-state index in [4.69, 9.17) is 23.2 Å². The maximum absolute atomic E-state index is 11.4. The van der Waals surface area contributed by atoms with E-state index in [0.717, 1.165) is 11.1 Å². The van der Waals surface area contributed by atoms with Gasteiger partial charge in [-0.05, 0) is 30.2 Å². The van der Waals surface area contributed by atoms with Crippen molar-refractivity contribution in [2.75, 3.05) is 0 Å². The summed E-state index contributed by atoms with van der Waals surface area (Å²) in [6, 6.07) is 5.34. The Labute approximate surface area is 121 Å². The average molecular weight is 295 g/mol. The van der Waals surface area contributed by atoms with E-state index < -0.39 is 0 Å². The predicted octanol–water partition coefficient (Wildman–Crippen LogP) is 3.89. The summed E-state index contributed by atoms with van der Waals surface area (Å²) in [6.07, 6.45) is 2.29. The Morgan fingerprint density at radius 3 is 2.63 bits per heavy atom. The summed E-state index contributed by atoms with van der Waals surface area (Å²) in [5, 5.41) is 1.03. The van der Waals surface area contributed by atoms with Crippen molar-refractivity contribution in [3.05, 3.63) is 57.1 Å². The summed E-state index contributed by atoms with van der Waals surface area (Å²) in [5.41, 5.74) is 2.93. The van der Waals surface area contributed by atoms with E-state index in [9.17, 15) is 4.79 Å². The van der Waals surface area contributed by atoms with Crippen molar-refractivity contribution in [3.63, 3.8) is 0 Å². The highest BCUT2D eigenvalue weighted by Crippen LogP contribution is 2.23. The van der Waals surface area contributed by atoms with Gasteiger partial charge in [-0.25, -0.2) is 9.97 Å². The fourth-order valence-corrected chi connectivity index (χ4v) is 2.04. The number of Topliss-reactive ketones (excluding diaryl/α,β-unsaturated/α-hetero) is 1. The molecule has 5 heteroatoms. The Hall–Kier alpha value is -1.45. The molecule has 0 aliphatic carbocycles. The molecule has 98 valence electrons. The number of ketones is 1. The normalized spacial score (nSPS) is 10.5. The van der Waals surface area contributed by atoms with Gasteiger partial charge < -0.3 is 0 Å². The summed E-state index contributed by atoms with van der Waals surface area (Å²) < 4.78 is 0. The molecule has 2 aromatic heterocycles. The fraction of sp³-hybridized carbons (Fsp3) is 0.214. The average Bonchev–Trinajstić information content (AvgIpc) is 2.37. The molecule has 0 unspecified atom stereocenters. The van der Waals surface area contributed by atoms with Crippen molar-refractivity contribution in [2.24, 2.45) is 0 Å². The van der Waals surface area contributed by atoms with Crippen molar-refractivity contribution in [1.29, 1.82) is 0 Å². The third-order valence-electron chi connectivity index (χ3n) is 2.74. The van der Waals surface area contributed by atoms with Crippen molar-refractivity contribution in [3.8, 4) is 0 Å². The molecule has 0 N–H and O–H groups in total. The lowest BCUT2D eigenvalue weighted by Gasteiger charge is -2.08. The van der Waals surface area contributed by atoms with Crippen molar-refractivity contribution in [2.45, 2.75) is 20.3 Å². The molecule has 0 saturated carbocycles. The Morgan fingerprint density at radius 1 is 1.32 bits per heavy atom. The van der Waals surface area contributed by atoms with Crippen LogP contribution in [-0.4, -0.2) is 15.8 Å². The zero-order valence-electron chi connectivity index (χ0n) is 10.6. The number of aryl methyl sites for hydroxylation is 1. The highest BCUT2D eigenvalue weighted by atomic mass is 35.5. The van der Waals surface area contributed by atoms with Crippen LogP contribution >= 0.6 is 23.2 Å². The third-order valence-corrected chi connectivity index (χ3v) is 3.48. The fourth-order valence-electron chi connectivity index (χ4n) is 1.76. The molecule has 0 amide bonds. The molecule has 0 aromatic carbocycles. The Morgan fingerprint density at radius 2 is 2.05 bits per heavy atom. The minimum absolute atomic E-state index is 0.0738. The number of nitrogens with zero attached hydrogens (tertiary/aromatic N) is 2. The van der Waals surface area contributed by atoms with Crippen LogP contribution in [0.2, 0.25) is 10.2 Å². The minimum atomic E-state index is -0.0738. The van der Waals surface area contributed by atoms with Gasteiger partial charge in [0, 0.05) is 19.5 Å². The van der Waals surface area contributed by atoms with Crippen LogP contribution in [0.1, 0.15) is 34.2 Å². The van der Waals surface area contributed by atoms with Gasteiger partial charge in [-0.2, -0.15) is 0 Å². The van der Waals surface area contributed by atoms with E-state index in [0.29, 0.717) is 28.0 Å². The number of rotatable bonds is 3. The van der Waals surface area contributed by atoms with Crippen LogP contribution in [0.3, 0.4) is 0 Å². The van der Waals surface area contributed by atoms with Gasteiger partial charge in [-0.15, -0.1) is 0 Å². The highest BCUT2D eigenvalue weighted by Gasteiger charge is 2.11. The van der Waals surface area contributed by atoms with E-state index >= 15 is 0 Å². The molecule has 2 heterocycles. The molecule has 0 saturated heterocycles. The van der Waals surface area contributed by atoms with Gasteiger partial charge in [0.1, 0.15) is 10.8 Å². The molecular weight excluding hydrogens is 283 g/mol. The molecule has 0 bridgehead atoms. The maximum atomic E-state index is 11.4. The van der Waals surface area contributed by atoms with E-state index in [1.165, 1.54) is 6.92 Å². The third kappa shape index (κ3) is 3.31. The van der Waals surface area contributed by atoms with Crippen LogP contribution in [0.5, 0.6) is 0 Å². The van der Waals surface area contributed by atoms with Crippen molar-refractivity contribution >= 4 is 29.0 Å². The highest BCUT2D eigenvalue weighted by molar-refractivity contribution is 6.32. The Balaban J connectivity index is 2.38. The number of aromatic nitrogens is 2. The molecule has 0 aliphatic rings. The lowest BCUT2D eigenvalue weighted by atomic mass is 10.0. The Kier molecular flexibility index (Phi) is 4.17. The van der Waals surface area contributed by atoms with Gasteiger partial charge >= 0.3 is 0 Å². The lowest BCUT2D eigenvalue weighted by Crippen LogP contribution is -2.03. The van der Waals surface area contributed by atoms with Gasteiger partial charge in [0.2, 0.25) is 0 Å². The summed E-state index contributed by atoms with van der Waals surface area (Å²) >= 11 is 12.0. The van der Waals surface area contributed by atoms with E-state index in [1.54, 1.807) is 25.3 Å². The van der Waals surface area contributed by atoms with Crippen LogP contribution in [-0.2, 0) is 6.42 Å². The Bertz CT molecular complexity index is 624. The minimum Gasteiger partial charge on any atom is -0.293 e. The SMILES string of the molecule is CC(=O)c1cc(Cc2ccc(Cl)nc2)c(Cl)c(C)n1. The largest absolute Gasteiger partial charge is 0.293 e. The smallest absolute Gasteiger partial charge is 0.178 e. The molecule has 0 aliphatic heterocycles. The summed E-state index contributed by atoms with van der Waals surface area (Å²) in [5.74, 6) is -0.0738. The molecule has 0 fully saturated rings. The standard InChI is InChI=1S/C14H12Cl2N2O/c1-8-14(16)11(6-12(18-8)9(2)19)5-10-3-4-13(15)17-7-10/h3-4,6-7H,5H2,1-2H3. The molecule has 0 radical (unpaired) electrons. The second-order valence-electron chi connectivity index (χ2n) is 4.29. The van der Waals surface area contributed by atoms with Crippen LogP contribution in [0, 0.1) is 6.92 Å². The topological polar surface area (TPSA) is 42.9 Å². The van der Waals surface area contributed by atoms with Gasteiger partial charge in [-0.1, -0.05) is 29.3 Å². The summed E-state index contributed by atoms with van der Waals surface area (Å²) in [6.45, 7) is 3.28. The maximum Gasteiger partial charge on any atom is 0.178 e. The van der Waals surface area contributed by atoms with E-state index in [-0.39, 0.29) is 5.78 Å². The van der Waals surface area contributed by atoms with Gasteiger partial charge in [0.15, 0.2) is 5.78 Å². The molecule has 2 rings (SSSR count). The second-order valence-corrected chi connectivity index (χ2v) is 5.05. The van der Waals surface area contributed by atoms with Gasteiger partial charge in [-0.3, -0.25) is 4.79 Å². The molecular formula is C14H12Cl2N2O. The lowest BCUT2D eigenvalue weighted by molar-refractivity contribution is 0.101. The van der Waals surface area contributed by atoms with Crippen molar-refractivity contribution in [1.82, 2.24) is 9.97 Å². The zero-order valence-corrected chi connectivity index (χ0v) is 12.1. The van der Waals surface area contributed by atoms with Gasteiger partial charge in [0.25, 0.3) is 0 Å². The first-order valence-corrected chi connectivity index (χ1v) is 6.50. The quantitative estimate of drug-likeness (QED) is 0.637. The van der Waals surface area contributed by atoms with Crippen LogP contribution in [0.25, 0.3) is 0 Å². The second kappa shape index (κ2) is 5.68. The first kappa shape index (κ1) is 14.0. The molecule has 0 atom stereocenters. The van der Waals surface area contributed by atoms with E-state index in [2.05, 4.69) is 9.97 Å². The van der Waals surface area contributed by atoms with Crippen molar-refractivity contribution < 1.29 is 4.79 Å². The first-order valence-electron chi connectivity index (χ1n) is 5.74. The number of hydrogen-bond donors (Lipinski definition) is 0. The monoisotopic (exact) mass is 294 g/mol. The van der Waals surface area contributed by atoms with Crippen LogP contribution in [0.15, 0.2) is 24.4 Å². The summed E-state index contributed by atoms with van der Waals surface area (Å²) in [7, 11) is 0. The van der Waals surface area contributed by atoms with Crippen LogP contribution < -0.4 is 0 Å². The van der Waals surface area contributed by atoms with Gasteiger partial charge in [0.05, 0.1) is 10.7 Å². The number of carbonyl (C=O) groups is 1. The van der Waals surface area contributed by atoms with Crippen LogP contribution in [0.4, 0.5) is 0 Å². The molecule has 19 heavy (non-hydrogen) atoms. The number of carbonyl (C=O) groups excluding carboxylic acids is 1. The summed E-state index contributed by atoms with van der Waals surface area (Å²) in [4.78, 5) is 19.6. The number of pyridine rings is 2.